The van der Waals surface area contributed by atoms with E-state index in [9.17, 15) is 8.42 Å². The maximum absolute atomic E-state index is 12.9. The van der Waals surface area contributed by atoms with Gasteiger partial charge in [0.25, 0.3) is 0 Å². The third-order valence-electron chi connectivity index (χ3n) is 5.37. The van der Waals surface area contributed by atoms with E-state index in [1.54, 1.807) is 29.6 Å². The Kier molecular flexibility index (Phi) is 5.47. The number of rotatable bonds is 4. The molecule has 1 saturated carbocycles. The normalized spacial score (nSPS) is 21.8. The van der Waals surface area contributed by atoms with Crippen molar-refractivity contribution < 1.29 is 13.2 Å². The Labute approximate surface area is 145 Å². The molecular weight excluding hydrogens is 324 g/mol. The minimum atomic E-state index is -3.41. The van der Waals surface area contributed by atoms with E-state index in [1.165, 1.54) is 32.1 Å². The van der Waals surface area contributed by atoms with Gasteiger partial charge in [-0.15, -0.1) is 0 Å². The second-order valence-corrected chi connectivity index (χ2v) is 8.80. The zero-order chi connectivity index (χ0) is 17.2. The van der Waals surface area contributed by atoms with Crippen molar-refractivity contribution in [1.82, 2.24) is 9.21 Å². The first-order valence-corrected chi connectivity index (χ1v) is 10.4. The number of benzene rings is 1. The molecule has 24 heavy (non-hydrogen) atoms. The average Bonchev–Trinajstić information content (AvgIpc) is 2.62. The van der Waals surface area contributed by atoms with Crippen LogP contribution in [0.3, 0.4) is 0 Å². The highest BCUT2D eigenvalue weighted by Gasteiger charge is 2.31. The topological polar surface area (TPSA) is 49.9 Å². The molecule has 0 N–H and O–H groups in total. The van der Waals surface area contributed by atoms with Gasteiger partial charge in [0.2, 0.25) is 10.0 Å². The molecule has 3 rings (SSSR count). The monoisotopic (exact) mass is 352 g/mol. The summed E-state index contributed by atoms with van der Waals surface area (Å²) in [6.07, 6.45) is 6.51. The largest absolute Gasteiger partial charge is 0.496 e. The zero-order valence-electron chi connectivity index (χ0n) is 14.7. The van der Waals surface area contributed by atoms with Crippen molar-refractivity contribution in [2.24, 2.45) is 0 Å². The summed E-state index contributed by atoms with van der Waals surface area (Å²) in [7, 11) is -1.81. The van der Waals surface area contributed by atoms with Crippen molar-refractivity contribution in [3.05, 3.63) is 23.8 Å². The zero-order valence-corrected chi connectivity index (χ0v) is 15.5. The number of hydrogen-bond donors (Lipinski definition) is 0. The number of aryl methyl sites for hydroxylation is 1. The predicted octanol–water partition coefficient (Wildman–Crippen LogP) is 2.64. The molecule has 0 radical (unpaired) electrons. The summed E-state index contributed by atoms with van der Waals surface area (Å²) in [5, 5.41) is 0. The first-order valence-electron chi connectivity index (χ1n) is 8.91. The summed E-state index contributed by atoms with van der Waals surface area (Å²) < 4.78 is 32.6. The second-order valence-electron chi connectivity index (χ2n) is 6.86. The Balaban J connectivity index is 1.67. The van der Waals surface area contributed by atoms with E-state index < -0.39 is 10.0 Å². The van der Waals surface area contributed by atoms with Gasteiger partial charge < -0.3 is 4.74 Å². The Hall–Kier alpha value is -1.11. The minimum Gasteiger partial charge on any atom is -0.496 e. The summed E-state index contributed by atoms with van der Waals surface area (Å²) in [4.78, 5) is 2.86. The third-order valence-corrected chi connectivity index (χ3v) is 7.26. The van der Waals surface area contributed by atoms with E-state index in [2.05, 4.69) is 4.90 Å². The minimum absolute atomic E-state index is 0.368. The Bertz CT molecular complexity index is 661. The van der Waals surface area contributed by atoms with Gasteiger partial charge in [-0.05, 0) is 43.5 Å². The lowest BCUT2D eigenvalue weighted by molar-refractivity contribution is 0.111. The molecule has 2 fully saturated rings. The molecule has 1 aliphatic carbocycles. The number of hydrogen-bond acceptors (Lipinski definition) is 4. The maximum Gasteiger partial charge on any atom is 0.243 e. The molecule has 0 spiro atoms. The van der Waals surface area contributed by atoms with Crippen LogP contribution in [0.15, 0.2) is 23.1 Å². The van der Waals surface area contributed by atoms with Crippen molar-refractivity contribution >= 4 is 10.0 Å². The summed E-state index contributed by atoms with van der Waals surface area (Å²) in [6, 6.07) is 5.75. The molecule has 6 heteroatoms. The Morgan fingerprint density at radius 1 is 1.04 bits per heavy atom. The molecule has 1 saturated heterocycles. The van der Waals surface area contributed by atoms with Gasteiger partial charge in [-0.1, -0.05) is 19.3 Å². The predicted molar refractivity (Wildman–Crippen MR) is 94.9 cm³/mol. The van der Waals surface area contributed by atoms with Crippen LogP contribution >= 0.6 is 0 Å². The molecule has 0 unspecified atom stereocenters. The quantitative estimate of drug-likeness (QED) is 0.836. The lowest BCUT2D eigenvalue weighted by Crippen LogP contribution is -2.52. The molecule has 134 valence electrons. The average molecular weight is 353 g/mol. The van der Waals surface area contributed by atoms with Crippen molar-refractivity contribution in [1.29, 1.82) is 0 Å². The van der Waals surface area contributed by atoms with E-state index in [1.807, 2.05) is 6.92 Å². The summed E-state index contributed by atoms with van der Waals surface area (Å²) >= 11 is 0. The molecule has 0 atom stereocenters. The molecule has 2 aliphatic rings. The summed E-state index contributed by atoms with van der Waals surface area (Å²) in [5.74, 6) is 0.719. The van der Waals surface area contributed by atoms with Crippen LogP contribution in [0.2, 0.25) is 0 Å². The van der Waals surface area contributed by atoms with Gasteiger partial charge in [0.05, 0.1) is 12.0 Å². The smallest absolute Gasteiger partial charge is 0.243 e. The lowest BCUT2D eigenvalue weighted by Gasteiger charge is -2.40. The molecule has 5 nitrogen and oxygen atoms in total. The molecule has 1 aliphatic heterocycles. The van der Waals surface area contributed by atoms with Gasteiger partial charge in [-0.2, -0.15) is 4.31 Å². The van der Waals surface area contributed by atoms with Gasteiger partial charge in [-0.25, -0.2) is 8.42 Å². The van der Waals surface area contributed by atoms with Crippen molar-refractivity contribution in [3.8, 4) is 5.75 Å². The SMILES string of the molecule is COc1ccc(S(=O)(=O)N2CCN(C3CCCCC3)CC2)cc1C. The van der Waals surface area contributed by atoms with Crippen LogP contribution < -0.4 is 4.74 Å². The molecule has 0 bridgehead atoms. The summed E-state index contributed by atoms with van der Waals surface area (Å²) in [5.41, 5.74) is 0.847. The fourth-order valence-electron chi connectivity index (χ4n) is 3.92. The first-order chi connectivity index (χ1) is 11.5. The molecule has 1 heterocycles. The highest BCUT2D eigenvalue weighted by atomic mass is 32.2. The van der Waals surface area contributed by atoms with Crippen LogP contribution in [0, 0.1) is 6.92 Å². The second kappa shape index (κ2) is 7.42. The van der Waals surface area contributed by atoms with Gasteiger partial charge >= 0.3 is 0 Å². The molecular formula is C18H28N2O3S. The van der Waals surface area contributed by atoms with E-state index in [0.717, 1.165) is 24.4 Å². The molecule has 0 amide bonds. The van der Waals surface area contributed by atoms with Crippen molar-refractivity contribution in [2.75, 3.05) is 33.3 Å². The van der Waals surface area contributed by atoms with Crippen LogP contribution in [0.25, 0.3) is 0 Å². The fraction of sp³-hybridized carbons (Fsp3) is 0.667. The Morgan fingerprint density at radius 3 is 2.29 bits per heavy atom. The van der Waals surface area contributed by atoms with Crippen LogP contribution in [-0.4, -0.2) is 57.0 Å². The number of methoxy groups -OCH3 is 1. The molecule has 1 aromatic carbocycles. The molecule has 1 aromatic rings. The highest BCUT2D eigenvalue weighted by Crippen LogP contribution is 2.27. The lowest BCUT2D eigenvalue weighted by atomic mass is 9.94. The molecule has 0 aromatic heterocycles. The van der Waals surface area contributed by atoms with Gasteiger partial charge in [0.1, 0.15) is 5.75 Å². The Morgan fingerprint density at radius 2 is 1.71 bits per heavy atom. The van der Waals surface area contributed by atoms with E-state index in [4.69, 9.17) is 4.74 Å². The van der Waals surface area contributed by atoms with Crippen LogP contribution in [-0.2, 0) is 10.0 Å². The number of nitrogens with zero attached hydrogens (tertiary/aromatic N) is 2. The van der Waals surface area contributed by atoms with Crippen LogP contribution in [0.4, 0.5) is 0 Å². The van der Waals surface area contributed by atoms with Crippen LogP contribution in [0.1, 0.15) is 37.7 Å². The number of piperazine rings is 1. The fourth-order valence-corrected chi connectivity index (χ4v) is 5.42. The third kappa shape index (κ3) is 3.60. The van der Waals surface area contributed by atoms with Crippen molar-refractivity contribution in [2.45, 2.75) is 50.0 Å². The van der Waals surface area contributed by atoms with Gasteiger partial charge in [-0.3, -0.25) is 4.90 Å². The van der Waals surface area contributed by atoms with E-state index >= 15 is 0 Å². The van der Waals surface area contributed by atoms with Crippen molar-refractivity contribution in [3.63, 3.8) is 0 Å². The maximum atomic E-state index is 12.9. The van der Waals surface area contributed by atoms with Gasteiger partial charge in [0.15, 0.2) is 0 Å². The number of ether oxygens (including phenoxy) is 1. The van der Waals surface area contributed by atoms with Crippen LogP contribution in [0.5, 0.6) is 5.75 Å². The standard InChI is InChI=1S/C18H28N2O3S/c1-15-14-17(8-9-18(15)23-2)24(21,22)20-12-10-19(11-13-20)16-6-4-3-5-7-16/h8-9,14,16H,3-7,10-13H2,1-2H3. The van der Waals surface area contributed by atoms with E-state index in [-0.39, 0.29) is 0 Å². The van der Waals surface area contributed by atoms with E-state index in [0.29, 0.717) is 24.0 Å². The van der Waals surface area contributed by atoms with Gasteiger partial charge in [0, 0.05) is 32.2 Å². The highest BCUT2D eigenvalue weighted by molar-refractivity contribution is 7.89. The number of sulfonamides is 1. The summed E-state index contributed by atoms with van der Waals surface area (Å²) in [6.45, 7) is 4.74. The first kappa shape index (κ1) is 17.7.